The molecule has 0 unspecified atom stereocenters. The van der Waals surface area contributed by atoms with Crippen molar-refractivity contribution in [3.05, 3.63) is 29.8 Å². The van der Waals surface area contributed by atoms with E-state index in [-0.39, 0.29) is 24.3 Å². The van der Waals surface area contributed by atoms with Gasteiger partial charge in [0, 0.05) is 19.6 Å². The third kappa shape index (κ3) is 2.66. The van der Waals surface area contributed by atoms with Gasteiger partial charge in [-0.3, -0.25) is 14.4 Å². The Balaban J connectivity index is 2.00. The van der Waals surface area contributed by atoms with Gasteiger partial charge in [-0.1, -0.05) is 12.1 Å². The highest BCUT2D eigenvalue weighted by molar-refractivity contribution is 6.12. The van der Waals surface area contributed by atoms with Crippen molar-refractivity contribution in [2.45, 2.75) is 32.7 Å². The van der Waals surface area contributed by atoms with Gasteiger partial charge in [-0.05, 0) is 38.8 Å². The summed E-state index contributed by atoms with van der Waals surface area (Å²) in [5.41, 5.74) is 1.05. The van der Waals surface area contributed by atoms with Gasteiger partial charge in [-0.2, -0.15) is 0 Å². The third-order valence-electron chi connectivity index (χ3n) is 4.90. The van der Waals surface area contributed by atoms with Crippen LogP contribution in [0.25, 0.3) is 0 Å². The highest BCUT2D eigenvalue weighted by Gasteiger charge is 2.42. The van der Waals surface area contributed by atoms with Crippen LogP contribution < -0.4 is 4.90 Å². The first-order valence-corrected chi connectivity index (χ1v) is 8.57. The van der Waals surface area contributed by atoms with Gasteiger partial charge in [-0.25, -0.2) is 0 Å². The molecule has 24 heavy (non-hydrogen) atoms. The zero-order valence-electron chi connectivity index (χ0n) is 14.2. The van der Waals surface area contributed by atoms with Crippen LogP contribution in [0.15, 0.2) is 24.3 Å². The van der Waals surface area contributed by atoms with Crippen LogP contribution in [-0.4, -0.2) is 59.7 Å². The summed E-state index contributed by atoms with van der Waals surface area (Å²) in [6.45, 7) is 5.63. The van der Waals surface area contributed by atoms with Gasteiger partial charge < -0.3 is 14.7 Å². The van der Waals surface area contributed by atoms with Crippen molar-refractivity contribution in [1.82, 2.24) is 9.80 Å². The van der Waals surface area contributed by atoms with Crippen molar-refractivity contribution in [2.24, 2.45) is 0 Å². The largest absolute Gasteiger partial charge is 0.342 e. The van der Waals surface area contributed by atoms with Gasteiger partial charge in [-0.15, -0.1) is 0 Å². The fraction of sp³-hybridized carbons (Fsp3) is 0.500. The summed E-state index contributed by atoms with van der Waals surface area (Å²) in [6, 6.07) is 6.63. The molecule has 0 aliphatic carbocycles. The van der Waals surface area contributed by atoms with E-state index in [4.69, 9.17) is 0 Å². The minimum Gasteiger partial charge on any atom is -0.342 e. The summed E-state index contributed by atoms with van der Waals surface area (Å²) < 4.78 is 0. The number of anilines is 1. The molecule has 1 saturated heterocycles. The van der Waals surface area contributed by atoms with E-state index in [1.165, 1.54) is 4.90 Å². The number of likely N-dealkylation sites (N-methyl/N-ethyl adjacent to an activating group) is 1. The molecule has 0 spiro atoms. The molecule has 1 atom stereocenters. The summed E-state index contributed by atoms with van der Waals surface area (Å²) in [6.07, 6.45) is 1.48. The first-order chi connectivity index (χ1) is 11.6. The van der Waals surface area contributed by atoms with Crippen molar-refractivity contribution in [1.29, 1.82) is 0 Å². The van der Waals surface area contributed by atoms with Gasteiger partial charge in [0.25, 0.3) is 5.91 Å². The second-order valence-electron chi connectivity index (χ2n) is 6.16. The number of carbonyl (C=O) groups is 3. The predicted octanol–water partition coefficient (Wildman–Crippen LogP) is 1.51. The number of para-hydroxylation sites is 1. The minimum absolute atomic E-state index is 0.0187. The maximum Gasteiger partial charge on any atom is 0.256 e. The maximum absolute atomic E-state index is 13.0. The molecule has 0 bridgehead atoms. The third-order valence-corrected chi connectivity index (χ3v) is 4.90. The Hall–Kier alpha value is -2.37. The molecule has 6 nitrogen and oxygen atoms in total. The first kappa shape index (κ1) is 16.5. The second-order valence-corrected chi connectivity index (χ2v) is 6.16. The van der Waals surface area contributed by atoms with Crippen molar-refractivity contribution in [2.75, 3.05) is 31.1 Å². The molecule has 2 aliphatic rings. The molecule has 128 valence electrons. The van der Waals surface area contributed by atoms with Crippen LogP contribution in [0.4, 0.5) is 5.69 Å². The van der Waals surface area contributed by atoms with Crippen molar-refractivity contribution in [3.63, 3.8) is 0 Å². The number of amides is 3. The minimum atomic E-state index is -0.450. The molecule has 0 aromatic heterocycles. The SMILES string of the molecule is CCN(CC)C(=O)CN1C(=O)[C@@H]2CCCN2C(=O)c2ccccc21. The highest BCUT2D eigenvalue weighted by atomic mass is 16.2. The van der Waals surface area contributed by atoms with Gasteiger partial charge in [0.15, 0.2) is 0 Å². The van der Waals surface area contributed by atoms with Crippen LogP contribution in [0.2, 0.25) is 0 Å². The molecule has 1 aromatic carbocycles. The van der Waals surface area contributed by atoms with E-state index < -0.39 is 6.04 Å². The summed E-state index contributed by atoms with van der Waals surface area (Å²) in [5, 5.41) is 0. The predicted molar refractivity (Wildman–Crippen MR) is 90.8 cm³/mol. The van der Waals surface area contributed by atoms with E-state index in [9.17, 15) is 14.4 Å². The maximum atomic E-state index is 13.0. The smallest absolute Gasteiger partial charge is 0.256 e. The molecule has 1 aromatic rings. The molecule has 2 aliphatic heterocycles. The van der Waals surface area contributed by atoms with E-state index in [1.54, 1.807) is 34.1 Å². The lowest BCUT2D eigenvalue weighted by molar-refractivity contribution is -0.131. The lowest BCUT2D eigenvalue weighted by Crippen LogP contribution is -2.48. The Labute approximate surface area is 142 Å². The molecular weight excluding hydrogens is 306 g/mol. The van der Waals surface area contributed by atoms with Gasteiger partial charge >= 0.3 is 0 Å². The lowest BCUT2D eigenvalue weighted by Gasteiger charge is -2.28. The van der Waals surface area contributed by atoms with Crippen LogP contribution in [0.3, 0.4) is 0 Å². The van der Waals surface area contributed by atoms with Crippen molar-refractivity contribution >= 4 is 23.4 Å². The van der Waals surface area contributed by atoms with E-state index in [0.717, 1.165) is 6.42 Å². The van der Waals surface area contributed by atoms with Crippen molar-refractivity contribution in [3.8, 4) is 0 Å². The number of carbonyl (C=O) groups excluding carboxylic acids is 3. The Morgan fingerprint density at radius 2 is 1.92 bits per heavy atom. The molecule has 1 fully saturated rings. The summed E-state index contributed by atoms with van der Waals surface area (Å²) in [7, 11) is 0. The van der Waals surface area contributed by atoms with E-state index in [1.807, 2.05) is 13.8 Å². The normalized spacial score (nSPS) is 19.8. The van der Waals surface area contributed by atoms with Gasteiger partial charge in [0.2, 0.25) is 11.8 Å². The summed E-state index contributed by atoms with van der Waals surface area (Å²) in [4.78, 5) is 43.2. The van der Waals surface area contributed by atoms with Crippen molar-refractivity contribution < 1.29 is 14.4 Å². The Morgan fingerprint density at radius 1 is 1.21 bits per heavy atom. The fourth-order valence-corrected chi connectivity index (χ4v) is 3.58. The molecule has 0 radical (unpaired) electrons. The molecule has 0 saturated carbocycles. The van der Waals surface area contributed by atoms with Crippen LogP contribution in [0.1, 0.15) is 37.0 Å². The summed E-state index contributed by atoms with van der Waals surface area (Å²) >= 11 is 0. The van der Waals surface area contributed by atoms with E-state index >= 15 is 0 Å². The van der Waals surface area contributed by atoms with Crippen LogP contribution in [-0.2, 0) is 9.59 Å². The van der Waals surface area contributed by atoms with Crippen LogP contribution in [0, 0.1) is 0 Å². The average molecular weight is 329 g/mol. The molecule has 2 heterocycles. The topological polar surface area (TPSA) is 60.9 Å². The Kier molecular flexibility index (Phi) is 4.55. The number of rotatable bonds is 4. The van der Waals surface area contributed by atoms with E-state index in [2.05, 4.69) is 0 Å². The number of hydrogen-bond acceptors (Lipinski definition) is 3. The summed E-state index contributed by atoms with van der Waals surface area (Å²) in [5.74, 6) is -0.354. The first-order valence-electron chi connectivity index (χ1n) is 8.57. The van der Waals surface area contributed by atoms with Crippen LogP contribution >= 0.6 is 0 Å². The number of nitrogens with zero attached hydrogens (tertiary/aromatic N) is 3. The zero-order chi connectivity index (χ0) is 17.3. The Morgan fingerprint density at radius 3 is 2.62 bits per heavy atom. The molecule has 3 amide bonds. The quantitative estimate of drug-likeness (QED) is 0.841. The highest BCUT2D eigenvalue weighted by Crippen LogP contribution is 2.32. The lowest BCUT2D eigenvalue weighted by atomic mass is 10.1. The number of fused-ring (bicyclic) bond motifs is 2. The second kappa shape index (κ2) is 6.63. The standard InChI is InChI=1S/C18H23N3O3/c1-3-19(4-2)16(22)12-21-14-9-6-5-8-13(14)17(23)20-11-7-10-15(20)18(21)24/h5-6,8-9,15H,3-4,7,10-12H2,1-2H3/t15-/m0/s1. The molecular formula is C18H23N3O3. The van der Waals surface area contributed by atoms with Crippen LogP contribution in [0.5, 0.6) is 0 Å². The fourth-order valence-electron chi connectivity index (χ4n) is 3.58. The average Bonchev–Trinajstić information content (AvgIpc) is 3.06. The van der Waals surface area contributed by atoms with Gasteiger partial charge in [0.05, 0.1) is 11.3 Å². The Bertz CT molecular complexity index is 669. The number of benzene rings is 1. The van der Waals surface area contributed by atoms with E-state index in [0.29, 0.717) is 37.3 Å². The van der Waals surface area contributed by atoms with Gasteiger partial charge in [0.1, 0.15) is 12.6 Å². The zero-order valence-corrected chi connectivity index (χ0v) is 14.2. The monoisotopic (exact) mass is 329 g/mol. The number of hydrogen-bond donors (Lipinski definition) is 0. The molecule has 6 heteroatoms. The molecule has 3 rings (SSSR count). The molecule has 0 N–H and O–H groups in total.